The summed E-state index contributed by atoms with van der Waals surface area (Å²) in [5.74, 6) is 0. The number of rotatable bonds is 2. The van der Waals surface area contributed by atoms with Crippen LogP contribution in [0.25, 0.3) is 0 Å². The maximum atomic E-state index is 6.09. The van der Waals surface area contributed by atoms with E-state index in [1.165, 1.54) is 0 Å². The van der Waals surface area contributed by atoms with Crippen LogP contribution in [-0.2, 0) is 0 Å². The van der Waals surface area contributed by atoms with E-state index in [1.807, 2.05) is 23.6 Å². The molecule has 5 heteroatoms. The van der Waals surface area contributed by atoms with E-state index >= 15 is 0 Å². The molecule has 1 unspecified atom stereocenters. The van der Waals surface area contributed by atoms with E-state index in [4.69, 9.17) is 5.73 Å². The van der Waals surface area contributed by atoms with E-state index in [1.54, 1.807) is 17.5 Å². The third kappa shape index (κ3) is 2.47. The maximum absolute atomic E-state index is 6.09. The van der Waals surface area contributed by atoms with Gasteiger partial charge in [-0.05, 0) is 49.6 Å². The molecule has 0 aliphatic carbocycles. The molecule has 2 rings (SSSR count). The van der Waals surface area contributed by atoms with Crippen LogP contribution >= 0.6 is 43.2 Å². The zero-order chi connectivity index (χ0) is 10.8. The van der Waals surface area contributed by atoms with Gasteiger partial charge in [0.25, 0.3) is 0 Å². The molecule has 1 aromatic heterocycles. The van der Waals surface area contributed by atoms with Gasteiger partial charge in [0.1, 0.15) is 5.01 Å². The fourth-order valence-corrected chi connectivity index (χ4v) is 2.55. The first-order chi connectivity index (χ1) is 7.18. The predicted molar refractivity (Wildman–Crippen MR) is 70.0 cm³/mol. The van der Waals surface area contributed by atoms with Crippen LogP contribution in [-0.4, -0.2) is 4.98 Å². The lowest BCUT2D eigenvalue weighted by Gasteiger charge is -2.09. The zero-order valence-corrected chi connectivity index (χ0v) is 11.6. The lowest BCUT2D eigenvalue weighted by atomic mass is 10.1. The average Bonchev–Trinajstić information content (AvgIpc) is 2.74. The van der Waals surface area contributed by atoms with Gasteiger partial charge >= 0.3 is 0 Å². The molecule has 1 atom stereocenters. The van der Waals surface area contributed by atoms with Crippen molar-refractivity contribution in [3.8, 4) is 0 Å². The normalized spacial score (nSPS) is 12.7. The van der Waals surface area contributed by atoms with Crippen LogP contribution in [0.4, 0.5) is 0 Å². The zero-order valence-electron chi connectivity index (χ0n) is 7.65. The molecule has 0 fully saturated rings. The van der Waals surface area contributed by atoms with E-state index in [9.17, 15) is 0 Å². The Morgan fingerprint density at radius 3 is 2.67 bits per heavy atom. The topological polar surface area (TPSA) is 38.9 Å². The molecule has 0 radical (unpaired) electrons. The molecule has 2 aromatic rings. The lowest BCUT2D eigenvalue weighted by molar-refractivity contribution is 0.856. The molecule has 0 amide bonds. The second-order valence-corrected chi connectivity index (χ2v) is 5.66. The number of nitrogens with two attached hydrogens (primary N) is 1. The van der Waals surface area contributed by atoms with Gasteiger partial charge in [-0.2, -0.15) is 0 Å². The molecule has 2 nitrogen and oxygen atoms in total. The van der Waals surface area contributed by atoms with E-state index < -0.39 is 0 Å². The van der Waals surface area contributed by atoms with Gasteiger partial charge in [0.15, 0.2) is 0 Å². The highest BCUT2D eigenvalue weighted by atomic mass is 79.9. The maximum Gasteiger partial charge on any atom is 0.114 e. The van der Waals surface area contributed by atoms with Gasteiger partial charge in [-0.1, -0.05) is 6.07 Å². The summed E-state index contributed by atoms with van der Waals surface area (Å²) < 4.78 is 2.03. The first-order valence-electron chi connectivity index (χ1n) is 4.28. The number of hydrogen-bond donors (Lipinski definition) is 1. The third-order valence-electron chi connectivity index (χ3n) is 2.02. The predicted octanol–water partition coefficient (Wildman–Crippen LogP) is 3.72. The van der Waals surface area contributed by atoms with Crippen molar-refractivity contribution in [2.45, 2.75) is 6.04 Å². The summed E-state index contributed by atoms with van der Waals surface area (Å²) in [6, 6.07) is 5.85. The third-order valence-corrected chi connectivity index (χ3v) is 4.76. The van der Waals surface area contributed by atoms with Crippen LogP contribution in [0.2, 0.25) is 0 Å². The van der Waals surface area contributed by atoms with Gasteiger partial charge in [-0.15, -0.1) is 11.3 Å². The highest BCUT2D eigenvalue weighted by Gasteiger charge is 2.12. The van der Waals surface area contributed by atoms with Crippen molar-refractivity contribution in [3.63, 3.8) is 0 Å². The number of hydrogen-bond acceptors (Lipinski definition) is 3. The van der Waals surface area contributed by atoms with Crippen molar-refractivity contribution in [2.24, 2.45) is 5.73 Å². The molecular formula is C10H8Br2N2S. The molecular weight excluding hydrogens is 340 g/mol. The molecule has 2 N–H and O–H groups in total. The lowest BCUT2D eigenvalue weighted by Crippen LogP contribution is -2.11. The molecule has 0 aliphatic rings. The summed E-state index contributed by atoms with van der Waals surface area (Å²) in [6.07, 6.45) is 1.77. The summed E-state index contributed by atoms with van der Waals surface area (Å²) in [4.78, 5) is 4.21. The number of aromatic nitrogens is 1. The summed E-state index contributed by atoms with van der Waals surface area (Å²) in [5.41, 5.74) is 7.15. The summed E-state index contributed by atoms with van der Waals surface area (Å²) in [7, 11) is 0. The minimum atomic E-state index is -0.144. The SMILES string of the molecule is NC(c1ccc(Br)c(Br)c1)c1nccs1. The van der Waals surface area contributed by atoms with Crippen molar-refractivity contribution in [3.05, 3.63) is 49.3 Å². The van der Waals surface area contributed by atoms with Gasteiger partial charge in [0.2, 0.25) is 0 Å². The minimum absolute atomic E-state index is 0.144. The fraction of sp³-hybridized carbons (Fsp3) is 0.100. The Morgan fingerprint density at radius 2 is 2.07 bits per heavy atom. The van der Waals surface area contributed by atoms with Crippen LogP contribution < -0.4 is 5.73 Å². The van der Waals surface area contributed by atoms with Crippen LogP contribution in [0, 0.1) is 0 Å². The van der Waals surface area contributed by atoms with Crippen molar-refractivity contribution in [1.82, 2.24) is 4.98 Å². The summed E-state index contributed by atoms with van der Waals surface area (Å²) in [6.45, 7) is 0. The van der Waals surface area contributed by atoms with Crippen LogP contribution in [0.3, 0.4) is 0 Å². The first-order valence-corrected chi connectivity index (χ1v) is 6.75. The Balaban J connectivity index is 2.34. The van der Waals surface area contributed by atoms with Gasteiger partial charge in [0, 0.05) is 20.5 Å². The smallest absolute Gasteiger partial charge is 0.114 e. The molecule has 78 valence electrons. The molecule has 0 bridgehead atoms. The number of halogens is 2. The number of benzene rings is 1. The summed E-state index contributed by atoms with van der Waals surface area (Å²) in [5, 5.41) is 2.87. The van der Waals surface area contributed by atoms with Crippen LogP contribution in [0.1, 0.15) is 16.6 Å². The highest BCUT2D eigenvalue weighted by Crippen LogP contribution is 2.28. The van der Waals surface area contributed by atoms with Crippen LogP contribution in [0.15, 0.2) is 38.7 Å². The largest absolute Gasteiger partial charge is 0.318 e. The Kier molecular flexibility index (Phi) is 3.56. The monoisotopic (exact) mass is 346 g/mol. The Morgan fingerprint density at radius 1 is 1.27 bits per heavy atom. The van der Waals surface area contributed by atoms with E-state index in [0.29, 0.717) is 0 Å². The van der Waals surface area contributed by atoms with E-state index in [2.05, 4.69) is 36.8 Å². The highest BCUT2D eigenvalue weighted by molar-refractivity contribution is 9.13. The fourth-order valence-electron chi connectivity index (χ4n) is 1.24. The van der Waals surface area contributed by atoms with Gasteiger partial charge in [-0.3, -0.25) is 0 Å². The molecule has 0 saturated carbocycles. The number of thiazole rings is 1. The Labute approximate surface area is 109 Å². The quantitative estimate of drug-likeness (QED) is 0.899. The molecule has 1 heterocycles. The molecule has 1 aromatic carbocycles. The molecule has 0 aliphatic heterocycles. The van der Waals surface area contributed by atoms with Crippen molar-refractivity contribution < 1.29 is 0 Å². The molecule has 0 saturated heterocycles. The van der Waals surface area contributed by atoms with Gasteiger partial charge < -0.3 is 5.73 Å². The van der Waals surface area contributed by atoms with Crippen molar-refractivity contribution in [2.75, 3.05) is 0 Å². The Bertz CT molecular complexity index is 456. The van der Waals surface area contributed by atoms with Gasteiger partial charge in [0.05, 0.1) is 6.04 Å². The second-order valence-electron chi connectivity index (χ2n) is 3.02. The Hall–Kier alpha value is -0.230. The first kappa shape index (κ1) is 11.3. The molecule has 0 spiro atoms. The number of nitrogens with zero attached hydrogens (tertiary/aromatic N) is 1. The minimum Gasteiger partial charge on any atom is -0.318 e. The van der Waals surface area contributed by atoms with Crippen LogP contribution in [0.5, 0.6) is 0 Å². The van der Waals surface area contributed by atoms with Gasteiger partial charge in [-0.25, -0.2) is 4.98 Å². The second kappa shape index (κ2) is 4.74. The van der Waals surface area contributed by atoms with Crippen molar-refractivity contribution >= 4 is 43.2 Å². The standard InChI is InChI=1S/C10H8Br2N2S/c11-7-2-1-6(5-8(7)12)9(13)10-14-3-4-15-10/h1-5,9H,13H2. The van der Waals surface area contributed by atoms with E-state index in [0.717, 1.165) is 19.5 Å². The molecule has 15 heavy (non-hydrogen) atoms. The van der Waals surface area contributed by atoms with Crippen molar-refractivity contribution in [1.29, 1.82) is 0 Å². The summed E-state index contributed by atoms with van der Waals surface area (Å²) >= 11 is 8.46. The average molecular weight is 348 g/mol. The van der Waals surface area contributed by atoms with E-state index in [-0.39, 0.29) is 6.04 Å².